The summed E-state index contributed by atoms with van der Waals surface area (Å²) in [6, 6.07) is 4.76. The van der Waals surface area contributed by atoms with Crippen LogP contribution in [-0.4, -0.2) is 36.2 Å². The fourth-order valence-electron chi connectivity index (χ4n) is 3.13. The van der Waals surface area contributed by atoms with Gasteiger partial charge in [-0.15, -0.1) is 12.4 Å². The highest BCUT2D eigenvalue weighted by Crippen LogP contribution is 2.19. The van der Waals surface area contributed by atoms with Crippen LogP contribution in [0.15, 0.2) is 27.9 Å². The zero-order chi connectivity index (χ0) is 16.8. The lowest BCUT2D eigenvalue weighted by atomic mass is 10.0. The summed E-state index contributed by atoms with van der Waals surface area (Å²) >= 11 is 0. The molecule has 1 saturated heterocycles. The molecule has 134 valence electrons. The van der Waals surface area contributed by atoms with E-state index < -0.39 is 10.0 Å². The molecule has 2 heterocycles. The average Bonchev–Trinajstić information content (AvgIpc) is 2.74. The second-order valence-electron chi connectivity index (χ2n) is 6.16. The van der Waals surface area contributed by atoms with Gasteiger partial charge >= 0.3 is 5.69 Å². The topological polar surface area (TPSA) is 85.1 Å². The number of benzene rings is 1. The molecule has 0 bridgehead atoms. The van der Waals surface area contributed by atoms with Gasteiger partial charge in [-0.25, -0.2) is 17.9 Å². The Morgan fingerprint density at radius 1 is 1.21 bits per heavy atom. The molecule has 24 heavy (non-hydrogen) atoms. The lowest BCUT2D eigenvalue weighted by Gasteiger charge is -2.30. The van der Waals surface area contributed by atoms with Crippen LogP contribution in [0.1, 0.15) is 19.8 Å². The Hall–Kier alpha value is -1.35. The Kier molecular flexibility index (Phi) is 5.44. The van der Waals surface area contributed by atoms with Crippen molar-refractivity contribution in [2.24, 2.45) is 14.1 Å². The number of nitrogens with one attached hydrogen (secondary N) is 2. The SMILES string of the molecule is CC1NCCCC1NS(=O)(=O)c1ccc2c(c1)n(C)c(=O)n2C.Cl. The van der Waals surface area contributed by atoms with Gasteiger partial charge in [-0.05, 0) is 44.5 Å². The molecule has 2 N–H and O–H groups in total. The fraction of sp³-hybridized carbons (Fsp3) is 0.533. The van der Waals surface area contributed by atoms with Gasteiger partial charge in [0.05, 0.1) is 15.9 Å². The molecule has 1 aliphatic rings. The van der Waals surface area contributed by atoms with Gasteiger partial charge in [-0.1, -0.05) is 0 Å². The molecule has 1 aromatic carbocycles. The van der Waals surface area contributed by atoms with Gasteiger partial charge in [-0.2, -0.15) is 0 Å². The third kappa shape index (κ3) is 3.23. The number of hydrogen-bond donors (Lipinski definition) is 2. The van der Waals surface area contributed by atoms with Crippen molar-refractivity contribution in [2.75, 3.05) is 6.54 Å². The summed E-state index contributed by atoms with van der Waals surface area (Å²) in [6.07, 6.45) is 1.77. The molecular weight excluding hydrogens is 352 g/mol. The Bertz CT molecular complexity index is 903. The number of sulfonamides is 1. The maximum Gasteiger partial charge on any atom is 0.328 e. The monoisotopic (exact) mass is 374 g/mol. The number of halogens is 1. The first-order chi connectivity index (χ1) is 10.8. The van der Waals surface area contributed by atoms with Crippen molar-refractivity contribution >= 4 is 33.5 Å². The van der Waals surface area contributed by atoms with E-state index in [9.17, 15) is 13.2 Å². The Labute approximate surface area is 147 Å². The molecule has 7 nitrogen and oxygen atoms in total. The van der Waals surface area contributed by atoms with E-state index in [0.717, 1.165) is 19.4 Å². The van der Waals surface area contributed by atoms with Gasteiger partial charge in [0.2, 0.25) is 10.0 Å². The number of aromatic nitrogens is 2. The lowest BCUT2D eigenvalue weighted by Crippen LogP contribution is -2.51. The molecule has 3 rings (SSSR count). The molecule has 1 aliphatic heterocycles. The summed E-state index contributed by atoms with van der Waals surface area (Å²) in [6.45, 7) is 2.90. The third-order valence-electron chi connectivity index (χ3n) is 4.62. The highest BCUT2D eigenvalue weighted by atomic mass is 35.5. The fourth-order valence-corrected chi connectivity index (χ4v) is 4.50. The third-order valence-corrected chi connectivity index (χ3v) is 6.11. The van der Waals surface area contributed by atoms with E-state index in [1.165, 1.54) is 9.13 Å². The van der Waals surface area contributed by atoms with Crippen LogP contribution in [-0.2, 0) is 24.1 Å². The smallest absolute Gasteiger partial charge is 0.313 e. The van der Waals surface area contributed by atoms with Crippen LogP contribution in [0, 0.1) is 0 Å². The molecule has 2 atom stereocenters. The van der Waals surface area contributed by atoms with Gasteiger partial charge in [0.1, 0.15) is 0 Å². The number of piperidine rings is 1. The molecule has 0 amide bonds. The first-order valence-electron chi connectivity index (χ1n) is 7.72. The van der Waals surface area contributed by atoms with Crippen molar-refractivity contribution in [2.45, 2.75) is 36.7 Å². The summed E-state index contributed by atoms with van der Waals surface area (Å²) in [5.41, 5.74) is 1.15. The highest BCUT2D eigenvalue weighted by molar-refractivity contribution is 7.89. The average molecular weight is 375 g/mol. The van der Waals surface area contributed by atoms with E-state index in [0.29, 0.717) is 11.0 Å². The highest BCUT2D eigenvalue weighted by Gasteiger charge is 2.27. The van der Waals surface area contributed by atoms with Gasteiger partial charge in [-0.3, -0.25) is 9.13 Å². The van der Waals surface area contributed by atoms with Crippen LogP contribution in [0.5, 0.6) is 0 Å². The van der Waals surface area contributed by atoms with Gasteiger partial charge in [0, 0.05) is 26.2 Å². The molecule has 0 radical (unpaired) electrons. The van der Waals surface area contributed by atoms with E-state index in [-0.39, 0.29) is 35.1 Å². The first-order valence-corrected chi connectivity index (χ1v) is 9.21. The zero-order valence-corrected chi connectivity index (χ0v) is 15.6. The van der Waals surface area contributed by atoms with Crippen molar-refractivity contribution in [3.63, 3.8) is 0 Å². The van der Waals surface area contributed by atoms with Crippen LogP contribution in [0.3, 0.4) is 0 Å². The number of rotatable bonds is 3. The van der Waals surface area contributed by atoms with Crippen LogP contribution in [0.4, 0.5) is 0 Å². The minimum absolute atomic E-state index is 0. The van der Waals surface area contributed by atoms with Crippen molar-refractivity contribution in [1.82, 2.24) is 19.2 Å². The molecule has 9 heteroatoms. The minimum atomic E-state index is -3.62. The molecule has 0 spiro atoms. The summed E-state index contributed by atoms with van der Waals surface area (Å²) in [7, 11) is -0.306. The van der Waals surface area contributed by atoms with E-state index in [1.54, 1.807) is 32.3 Å². The number of aryl methyl sites for hydroxylation is 2. The molecule has 2 aromatic rings. The van der Waals surface area contributed by atoms with Crippen molar-refractivity contribution in [1.29, 1.82) is 0 Å². The normalized spacial score (nSPS) is 21.6. The molecular formula is C15H23ClN4O3S. The Morgan fingerprint density at radius 2 is 1.88 bits per heavy atom. The van der Waals surface area contributed by atoms with Crippen LogP contribution in [0.2, 0.25) is 0 Å². The Morgan fingerprint density at radius 3 is 2.54 bits per heavy atom. The number of fused-ring (bicyclic) bond motifs is 1. The van der Waals surface area contributed by atoms with Crippen LogP contribution < -0.4 is 15.7 Å². The van der Waals surface area contributed by atoms with Crippen molar-refractivity contribution < 1.29 is 8.42 Å². The first kappa shape index (κ1) is 19.0. The van der Waals surface area contributed by atoms with Crippen LogP contribution in [0.25, 0.3) is 11.0 Å². The predicted octanol–water partition coefficient (Wildman–Crippen LogP) is 0.718. The maximum atomic E-state index is 12.7. The Balaban J connectivity index is 0.00000208. The van der Waals surface area contributed by atoms with Crippen molar-refractivity contribution in [3.05, 3.63) is 28.7 Å². The zero-order valence-electron chi connectivity index (χ0n) is 13.9. The standard InChI is InChI=1S/C15H22N4O3S.ClH/c1-10-12(5-4-8-16-10)17-23(21,22)11-6-7-13-14(9-11)19(3)15(20)18(13)2;/h6-7,9-10,12,16-17H,4-5,8H2,1-3H3;1H. The van der Waals surface area contributed by atoms with Gasteiger partial charge in [0.25, 0.3) is 0 Å². The van der Waals surface area contributed by atoms with Crippen molar-refractivity contribution in [3.8, 4) is 0 Å². The van der Waals surface area contributed by atoms with E-state index in [2.05, 4.69) is 10.0 Å². The van der Waals surface area contributed by atoms with E-state index in [1.807, 2.05) is 6.92 Å². The number of imidazole rings is 1. The second kappa shape index (κ2) is 6.87. The number of hydrogen-bond acceptors (Lipinski definition) is 4. The summed E-state index contributed by atoms with van der Waals surface area (Å²) < 4.78 is 31.1. The molecule has 1 fully saturated rings. The minimum Gasteiger partial charge on any atom is -0.313 e. The summed E-state index contributed by atoms with van der Waals surface area (Å²) in [4.78, 5) is 12.1. The largest absolute Gasteiger partial charge is 0.328 e. The molecule has 1 aromatic heterocycles. The van der Waals surface area contributed by atoms with Crippen LogP contribution >= 0.6 is 12.4 Å². The predicted molar refractivity (Wildman–Crippen MR) is 96.2 cm³/mol. The van der Waals surface area contributed by atoms with Gasteiger partial charge in [0.15, 0.2) is 0 Å². The van der Waals surface area contributed by atoms with Gasteiger partial charge < -0.3 is 5.32 Å². The number of nitrogens with zero attached hydrogens (tertiary/aromatic N) is 2. The summed E-state index contributed by atoms with van der Waals surface area (Å²) in [5.74, 6) is 0. The second-order valence-corrected chi connectivity index (χ2v) is 7.88. The molecule has 0 aliphatic carbocycles. The quantitative estimate of drug-likeness (QED) is 0.829. The lowest BCUT2D eigenvalue weighted by molar-refractivity contribution is 0.349. The van der Waals surface area contributed by atoms with E-state index in [4.69, 9.17) is 0 Å². The maximum absolute atomic E-state index is 12.7. The molecule has 2 unspecified atom stereocenters. The molecule has 0 saturated carbocycles. The van der Waals surface area contributed by atoms with E-state index >= 15 is 0 Å². The summed E-state index contributed by atoms with van der Waals surface area (Å²) in [5, 5.41) is 3.28.